The van der Waals surface area contributed by atoms with Gasteiger partial charge in [0, 0.05) is 0 Å². The highest BCUT2D eigenvalue weighted by atomic mass is 16.5. The standard InChI is InChI=1S/C11H19NO2/c1-10(2)8(9(13)14-3)11(10)4-6-12-7-5-11/h8,12H,4-7H2,1-3H3. The second kappa shape index (κ2) is 2.96. The number of esters is 1. The summed E-state index contributed by atoms with van der Waals surface area (Å²) in [5.41, 5.74) is 0.369. The van der Waals surface area contributed by atoms with Gasteiger partial charge in [-0.1, -0.05) is 13.8 Å². The lowest BCUT2D eigenvalue weighted by molar-refractivity contribution is -0.143. The number of hydrogen-bond acceptors (Lipinski definition) is 3. The average Bonchev–Trinajstić information content (AvgIpc) is 2.62. The van der Waals surface area contributed by atoms with Crippen LogP contribution >= 0.6 is 0 Å². The highest BCUT2D eigenvalue weighted by molar-refractivity contribution is 5.79. The van der Waals surface area contributed by atoms with E-state index < -0.39 is 0 Å². The number of methoxy groups -OCH3 is 1. The van der Waals surface area contributed by atoms with Crippen molar-refractivity contribution >= 4 is 5.97 Å². The molecule has 2 aliphatic rings. The summed E-state index contributed by atoms with van der Waals surface area (Å²) in [7, 11) is 1.49. The molecule has 0 aromatic heterocycles. The molecule has 0 radical (unpaired) electrons. The minimum Gasteiger partial charge on any atom is -0.469 e. The number of hydrogen-bond donors (Lipinski definition) is 1. The number of piperidine rings is 1. The monoisotopic (exact) mass is 197 g/mol. The molecule has 1 saturated heterocycles. The molecule has 0 aromatic carbocycles. The van der Waals surface area contributed by atoms with E-state index in [0.717, 1.165) is 25.9 Å². The summed E-state index contributed by atoms with van der Waals surface area (Å²) in [6, 6.07) is 0. The van der Waals surface area contributed by atoms with Crippen LogP contribution in [0.2, 0.25) is 0 Å². The first-order valence-corrected chi connectivity index (χ1v) is 5.35. The van der Waals surface area contributed by atoms with Crippen molar-refractivity contribution in [3.63, 3.8) is 0 Å². The molecule has 3 nitrogen and oxygen atoms in total. The second-order valence-electron chi connectivity index (χ2n) is 5.08. The fourth-order valence-corrected chi connectivity index (χ4v) is 3.39. The van der Waals surface area contributed by atoms with Gasteiger partial charge in [0.2, 0.25) is 0 Å². The maximum absolute atomic E-state index is 11.6. The quantitative estimate of drug-likeness (QED) is 0.642. The van der Waals surface area contributed by atoms with E-state index in [1.165, 1.54) is 7.11 Å². The number of carbonyl (C=O) groups is 1. The Bertz CT molecular complexity index is 254. The minimum atomic E-state index is -0.0168. The molecule has 2 rings (SSSR count). The molecule has 80 valence electrons. The molecule has 1 heterocycles. The van der Waals surface area contributed by atoms with Crippen LogP contribution in [0.5, 0.6) is 0 Å². The van der Waals surface area contributed by atoms with Crippen molar-refractivity contribution in [1.82, 2.24) is 5.32 Å². The van der Waals surface area contributed by atoms with Crippen molar-refractivity contribution < 1.29 is 9.53 Å². The number of nitrogens with one attached hydrogen (secondary N) is 1. The Labute approximate surface area is 85.2 Å². The summed E-state index contributed by atoms with van der Waals surface area (Å²) in [5, 5.41) is 3.34. The van der Waals surface area contributed by atoms with Gasteiger partial charge >= 0.3 is 5.97 Å². The Morgan fingerprint density at radius 2 is 1.93 bits per heavy atom. The number of rotatable bonds is 1. The summed E-state index contributed by atoms with van der Waals surface area (Å²) in [6.45, 7) is 6.47. The predicted molar refractivity (Wildman–Crippen MR) is 53.8 cm³/mol. The van der Waals surface area contributed by atoms with E-state index in [0.29, 0.717) is 0 Å². The van der Waals surface area contributed by atoms with Crippen molar-refractivity contribution in [3.05, 3.63) is 0 Å². The Balaban J connectivity index is 2.17. The first-order valence-electron chi connectivity index (χ1n) is 5.35. The predicted octanol–water partition coefficient (Wildman–Crippen LogP) is 1.19. The zero-order chi connectivity index (χ0) is 10.4. The molecule has 1 N–H and O–H groups in total. The molecule has 3 heteroatoms. The topological polar surface area (TPSA) is 38.3 Å². The number of carbonyl (C=O) groups excluding carboxylic acids is 1. The van der Waals surface area contributed by atoms with Gasteiger partial charge in [0.05, 0.1) is 13.0 Å². The van der Waals surface area contributed by atoms with E-state index >= 15 is 0 Å². The molecule has 0 aromatic rings. The van der Waals surface area contributed by atoms with Gasteiger partial charge in [0.1, 0.15) is 0 Å². The first kappa shape index (κ1) is 9.97. The third-order valence-electron chi connectivity index (χ3n) is 4.41. The molecule has 14 heavy (non-hydrogen) atoms. The summed E-state index contributed by atoms with van der Waals surface area (Å²) in [4.78, 5) is 11.6. The summed E-state index contributed by atoms with van der Waals surface area (Å²) in [6.07, 6.45) is 2.22. The van der Waals surface area contributed by atoms with Gasteiger partial charge in [-0.3, -0.25) is 4.79 Å². The van der Waals surface area contributed by atoms with Crippen molar-refractivity contribution in [2.45, 2.75) is 26.7 Å². The van der Waals surface area contributed by atoms with Crippen LogP contribution in [0, 0.1) is 16.7 Å². The average molecular weight is 197 g/mol. The largest absolute Gasteiger partial charge is 0.469 e. The molecular weight excluding hydrogens is 178 g/mol. The van der Waals surface area contributed by atoms with Gasteiger partial charge in [-0.15, -0.1) is 0 Å². The second-order valence-corrected chi connectivity index (χ2v) is 5.08. The molecule has 0 bridgehead atoms. The summed E-state index contributed by atoms with van der Waals surface area (Å²) < 4.78 is 4.88. The van der Waals surface area contributed by atoms with Crippen LogP contribution in [0.1, 0.15) is 26.7 Å². The SMILES string of the molecule is COC(=O)C1C(C)(C)C12CCNCC2. The third-order valence-corrected chi connectivity index (χ3v) is 4.41. The summed E-state index contributed by atoms with van der Waals surface area (Å²) >= 11 is 0. The normalized spacial score (nSPS) is 32.6. The van der Waals surface area contributed by atoms with Crippen molar-refractivity contribution in [2.75, 3.05) is 20.2 Å². The van der Waals surface area contributed by atoms with Gasteiger partial charge in [-0.25, -0.2) is 0 Å². The molecule has 1 atom stereocenters. The zero-order valence-electron chi connectivity index (χ0n) is 9.22. The Kier molecular flexibility index (Phi) is 2.11. The molecule has 0 amide bonds. The van der Waals surface area contributed by atoms with Crippen LogP contribution in [0.15, 0.2) is 0 Å². The fourth-order valence-electron chi connectivity index (χ4n) is 3.39. The van der Waals surface area contributed by atoms with Crippen LogP contribution < -0.4 is 5.32 Å². The molecule has 1 aliphatic carbocycles. The lowest BCUT2D eigenvalue weighted by atomic mass is 9.86. The van der Waals surface area contributed by atoms with Crippen LogP contribution in [0.3, 0.4) is 0 Å². The van der Waals surface area contributed by atoms with E-state index in [1.807, 2.05) is 0 Å². The van der Waals surface area contributed by atoms with Gasteiger partial charge < -0.3 is 10.1 Å². The highest BCUT2D eigenvalue weighted by Gasteiger charge is 2.73. The minimum absolute atomic E-state index is 0.0168. The van der Waals surface area contributed by atoms with E-state index in [1.54, 1.807) is 0 Å². The fraction of sp³-hybridized carbons (Fsp3) is 0.909. The Morgan fingerprint density at radius 1 is 1.36 bits per heavy atom. The van der Waals surface area contributed by atoms with Gasteiger partial charge in [0.25, 0.3) is 0 Å². The smallest absolute Gasteiger partial charge is 0.309 e. The van der Waals surface area contributed by atoms with Crippen LogP contribution in [0.25, 0.3) is 0 Å². The van der Waals surface area contributed by atoms with Gasteiger partial charge in [0.15, 0.2) is 0 Å². The lowest BCUT2D eigenvalue weighted by Gasteiger charge is -2.25. The van der Waals surface area contributed by atoms with Gasteiger partial charge in [-0.2, -0.15) is 0 Å². The maximum atomic E-state index is 11.6. The van der Waals surface area contributed by atoms with E-state index in [4.69, 9.17) is 4.74 Å². The molecular formula is C11H19NO2. The van der Waals surface area contributed by atoms with Crippen molar-refractivity contribution in [2.24, 2.45) is 16.7 Å². The van der Waals surface area contributed by atoms with Crippen LogP contribution in [-0.4, -0.2) is 26.2 Å². The first-order chi connectivity index (χ1) is 6.56. The van der Waals surface area contributed by atoms with Crippen molar-refractivity contribution in [3.8, 4) is 0 Å². The lowest BCUT2D eigenvalue weighted by Crippen LogP contribution is -2.32. The molecule has 1 unspecified atom stereocenters. The van der Waals surface area contributed by atoms with Crippen LogP contribution in [-0.2, 0) is 9.53 Å². The highest BCUT2D eigenvalue weighted by Crippen LogP contribution is 2.73. The molecule has 1 aliphatic heterocycles. The zero-order valence-corrected chi connectivity index (χ0v) is 9.22. The Morgan fingerprint density at radius 3 is 2.43 bits per heavy atom. The third kappa shape index (κ3) is 1.05. The molecule has 1 saturated carbocycles. The number of ether oxygens (including phenoxy) is 1. The molecule has 1 spiro atoms. The Hall–Kier alpha value is -0.570. The van der Waals surface area contributed by atoms with E-state index in [-0.39, 0.29) is 22.7 Å². The van der Waals surface area contributed by atoms with Gasteiger partial charge in [-0.05, 0) is 36.8 Å². The van der Waals surface area contributed by atoms with Crippen LogP contribution in [0.4, 0.5) is 0 Å². The van der Waals surface area contributed by atoms with E-state index in [2.05, 4.69) is 19.2 Å². The summed E-state index contributed by atoms with van der Waals surface area (Å²) in [5.74, 6) is 0.110. The van der Waals surface area contributed by atoms with Crippen molar-refractivity contribution in [1.29, 1.82) is 0 Å². The maximum Gasteiger partial charge on any atom is 0.309 e. The van der Waals surface area contributed by atoms with E-state index in [9.17, 15) is 4.79 Å². The molecule has 2 fully saturated rings.